The van der Waals surface area contributed by atoms with Gasteiger partial charge in [-0.25, -0.2) is 37.8 Å². The van der Waals surface area contributed by atoms with Crippen molar-refractivity contribution in [1.29, 1.82) is 0 Å². The van der Waals surface area contributed by atoms with E-state index in [-0.39, 0.29) is 36.5 Å². The third kappa shape index (κ3) is 6.68. The monoisotopic (exact) mass is 658 g/mol. The Morgan fingerprint density at radius 2 is 1.56 bits per heavy atom. The summed E-state index contributed by atoms with van der Waals surface area (Å²) in [5.41, 5.74) is 7.37. The van der Waals surface area contributed by atoms with Crippen LogP contribution in [-0.2, 0) is 12.1 Å². The van der Waals surface area contributed by atoms with Crippen LogP contribution in [0.1, 0.15) is 37.3 Å². The summed E-state index contributed by atoms with van der Waals surface area (Å²) in [7, 11) is 0. The average molecular weight is 659 g/mol. The molecule has 0 amide bonds. The molecular formula is C34H37F3N10O. The summed E-state index contributed by atoms with van der Waals surface area (Å²) < 4.78 is 46.0. The molecule has 5 aromatic rings. The van der Waals surface area contributed by atoms with E-state index in [0.29, 0.717) is 17.4 Å². The number of aromatic nitrogens is 7. The van der Waals surface area contributed by atoms with Crippen LogP contribution in [0.5, 0.6) is 0 Å². The number of nitrogens with two attached hydrogens (primary N) is 1. The van der Waals surface area contributed by atoms with Gasteiger partial charge >= 0.3 is 0 Å². The van der Waals surface area contributed by atoms with E-state index in [2.05, 4.69) is 34.4 Å². The van der Waals surface area contributed by atoms with E-state index >= 15 is 0 Å². The lowest BCUT2D eigenvalue weighted by atomic mass is 9.90. The molecule has 2 aromatic carbocycles. The number of nitrogen functional groups attached to an aromatic ring is 1. The standard InChI is InChI=1S/C34H37F3N10O/c35-24-3-1-23(2-4-24)31-32(30-7-12-40-33(38)43-30)47(22-41-31)27-10-15-45(16-11-27)26-8-13-44(14-9-26)18-34(48,19-46-21-39-20-42-46)28-6-5-25(36)17-29(28)37/h1-7,12,17,20-22,26-27,48H,8-11,13-16,18-19H2,(H2,38,40,43). The summed E-state index contributed by atoms with van der Waals surface area (Å²) in [6, 6.07) is 12.0. The highest BCUT2D eigenvalue weighted by Crippen LogP contribution is 2.37. The van der Waals surface area contributed by atoms with Crippen molar-refractivity contribution in [3.8, 4) is 22.6 Å². The van der Waals surface area contributed by atoms with Gasteiger partial charge < -0.3 is 20.3 Å². The second-order valence-electron chi connectivity index (χ2n) is 12.7. The van der Waals surface area contributed by atoms with Crippen LogP contribution in [-0.4, -0.2) is 88.0 Å². The molecule has 0 radical (unpaired) electrons. The number of nitrogens with zero attached hydrogens (tertiary/aromatic N) is 9. The first-order chi connectivity index (χ1) is 23.3. The number of halogens is 3. The van der Waals surface area contributed by atoms with E-state index in [9.17, 15) is 18.3 Å². The number of anilines is 1. The molecule has 2 aliphatic rings. The zero-order valence-electron chi connectivity index (χ0n) is 26.3. The molecule has 2 aliphatic heterocycles. The number of hydrogen-bond acceptors (Lipinski definition) is 9. The molecule has 5 heterocycles. The molecular weight excluding hydrogens is 621 g/mol. The molecule has 0 bridgehead atoms. The highest BCUT2D eigenvalue weighted by atomic mass is 19.1. The summed E-state index contributed by atoms with van der Waals surface area (Å²) in [6.07, 6.45) is 9.94. The Balaban J connectivity index is 1.02. The fourth-order valence-corrected chi connectivity index (χ4v) is 7.23. The van der Waals surface area contributed by atoms with Gasteiger partial charge in [0.1, 0.15) is 35.7 Å². The minimum atomic E-state index is -1.62. The molecule has 48 heavy (non-hydrogen) atoms. The molecule has 2 saturated heterocycles. The van der Waals surface area contributed by atoms with Gasteiger partial charge in [-0.3, -0.25) is 4.90 Å². The number of piperidine rings is 2. The lowest BCUT2D eigenvalue weighted by Gasteiger charge is -2.43. The zero-order chi connectivity index (χ0) is 33.3. The van der Waals surface area contributed by atoms with Crippen LogP contribution in [0.4, 0.5) is 19.1 Å². The van der Waals surface area contributed by atoms with Gasteiger partial charge in [0.05, 0.1) is 30.0 Å². The Kier molecular flexibility index (Phi) is 8.94. The summed E-state index contributed by atoms with van der Waals surface area (Å²) in [6.45, 7) is 3.44. The third-order valence-corrected chi connectivity index (χ3v) is 9.60. The minimum Gasteiger partial charge on any atom is -0.382 e. The van der Waals surface area contributed by atoms with Crippen LogP contribution in [0.2, 0.25) is 0 Å². The normalized spacial score (nSPS) is 18.2. The van der Waals surface area contributed by atoms with Gasteiger partial charge in [0.2, 0.25) is 5.95 Å². The van der Waals surface area contributed by atoms with Gasteiger partial charge in [-0.1, -0.05) is 6.07 Å². The average Bonchev–Trinajstić information content (AvgIpc) is 3.76. The Morgan fingerprint density at radius 1 is 0.833 bits per heavy atom. The maximum atomic E-state index is 14.9. The number of aliphatic hydroxyl groups is 1. The van der Waals surface area contributed by atoms with Gasteiger partial charge in [-0.15, -0.1) is 0 Å². The Labute approximate surface area is 275 Å². The minimum absolute atomic E-state index is 0.0102. The van der Waals surface area contributed by atoms with E-state index in [1.807, 2.05) is 12.4 Å². The third-order valence-electron chi connectivity index (χ3n) is 9.60. The van der Waals surface area contributed by atoms with E-state index in [4.69, 9.17) is 10.7 Å². The number of hydrogen-bond donors (Lipinski definition) is 2. The van der Waals surface area contributed by atoms with Crippen LogP contribution in [0.3, 0.4) is 0 Å². The van der Waals surface area contributed by atoms with E-state index < -0.39 is 17.2 Å². The quantitative estimate of drug-likeness (QED) is 0.239. The van der Waals surface area contributed by atoms with Crippen LogP contribution < -0.4 is 5.73 Å². The maximum Gasteiger partial charge on any atom is 0.220 e. The highest BCUT2D eigenvalue weighted by Gasteiger charge is 2.38. The fourth-order valence-electron chi connectivity index (χ4n) is 7.23. The Bertz CT molecular complexity index is 1830. The lowest BCUT2D eigenvalue weighted by molar-refractivity contribution is -0.0328. The van der Waals surface area contributed by atoms with Crippen molar-refractivity contribution in [2.75, 3.05) is 38.5 Å². The smallest absolute Gasteiger partial charge is 0.220 e. The summed E-state index contributed by atoms with van der Waals surface area (Å²) >= 11 is 0. The Morgan fingerprint density at radius 3 is 2.25 bits per heavy atom. The summed E-state index contributed by atoms with van der Waals surface area (Å²) in [5.74, 6) is -1.62. The van der Waals surface area contributed by atoms with Crippen molar-refractivity contribution in [3.05, 3.63) is 96.7 Å². The van der Waals surface area contributed by atoms with E-state index in [1.165, 1.54) is 41.6 Å². The van der Waals surface area contributed by atoms with Crippen LogP contribution in [0, 0.1) is 17.5 Å². The first-order valence-corrected chi connectivity index (χ1v) is 16.1. The largest absolute Gasteiger partial charge is 0.382 e. The van der Waals surface area contributed by atoms with Crippen molar-refractivity contribution in [3.63, 3.8) is 0 Å². The fraction of sp³-hybridized carbons (Fsp3) is 0.382. The maximum absolute atomic E-state index is 14.9. The van der Waals surface area contributed by atoms with Gasteiger partial charge in [-0.05, 0) is 75.2 Å². The van der Waals surface area contributed by atoms with Crippen molar-refractivity contribution in [2.45, 2.75) is 49.9 Å². The van der Waals surface area contributed by atoms with E-state index in [0.717, 1.165) is 69.2 Å². The van der Waals surface area contributed by atoms with E-state index in [1.54, 1.807) is 18.3 Å². The van der Waals surface area contributed by atoms with Crippen molar-refractivity contribution in [2.24, 2.45) is 0 Å². The number of imidazole rings is 1. The molecule has 3 aromatic heterocycles. The molecule has 0 aliphatic carbocycles. The number of benzene rings is 2. The molecule has 2 fully saturated rings. The molecule has 14 heteroatoms. The van der Waals surface area contributed by atoms with Gasteiger partial charge in [-0.2, -0.15) is 5.10 Å². The predicted octanol–water partition coefficient (Wildman–Crippen LogP) is 4.29. The molecule has 250 valence electrons. The van der Waals surface area contributed by atoms with Gasteiger partial charge in [0.25, 0.3) is 0 Å². The molecule has 7 rings (SSSR count). The number of rotatable bonds is 9. The molecule has 1 atom stereocenters. The summed E-state index contributed by atoms with van der Waals surface area (Å²) in [4.78, 5) is 21.9. The Hall–Kier alpha value is -4.66. The summed E-state index contributed by atoms with van der Waals surface area (Å²) in [5, 5.41) is 15.9. The molecule has 11 nitrogen and oxygen atoms in total. The molecule has 0 spiro atoms. The lowest BCUT2D eigenvalue weighted by Crippen LogP contribution is -2.51. The van der Waals surface area contributed by atoms with Crippen LogP contribution >= 0.6 is 0 Å². The van der Waals surface area contributed by atoms with Crippen molar-refractivity contribution < 1.29 is 18.3 Å². The molecule has 1 unspecified atom stereocenters. The van der Waals surface area contributed by atoms with Crippen LogP contribution in [0.25, 0.3) is 22.6 Å². The zero-order valence-corrected chi connectivity index (χ0v) is 26.3. The number of likely N-dealkylation sites (tertiary alicyclic amines) is 2. The number of β-amino-alcohol motifs (C(OH)–C–C–N with tert-alkyl or cyclic N) is 1. The first kappa shape index (κ1) is 31.9. The molecule has 3 N–H and O–H groups in total. The first-order valence-electron chi connectivity index (χ1n) is 16.1. The second kappa shape index (κ2) is 13.5. The van der Waals surface area contributed by atoms with Crippen molar-refractivity contribution >= 4 is 5.95 Å². The van der Waals surface area contributed by atoms with Gasteiger partial charge in [0.15, 0.2) is 0 Å². The second-order valence-corrected chi connectivity index (χ2v) is 12.7. The SMILES string of the molecule is Nc1nccc(-c2c(-c3ccc(F)cc3)ncn2C2CCN(C3CCN(CC(O)(Cn4cncn4)c4ccc(F)cc4F)CC3)CC2)n1. The molecule has 0 saturated carbocycles. The topological polar surface area (TPSA) is 127 Å². The highest BCUT2D eigenvalue weighted by molar-refractivity contribution is 5.77. The van der Waals surface area contributed by atoms with Gasteiger partial charge in [0, 0.05) is 55.1 Å². The van der Waals surface area contributed by atoms with Crippen molar-refractivity contribution in [1.82, 2.24) is 44.1 Å². The predicted molar refractivity (Wildman–Crippen MR) is 173 cm³/mol. The van der Waals surface area contributed by atoms with Crippen LogP contribution in [0.15, 0.2) is 73.7 Å².